The molecular formula is C18H21N3O2. The highest BCUT2D eigenvalue weighted by molar-refractivity contribution is 5.79. The van der Waals surface area contributed by atoms with Crippen molar-refractivity contribution in [3.63, 3.8) is 0 Å². The number of carbonyl (C=O) groups excluding carboxylic acids is 1. The minimum absolute atomic E-state index is 0.0594. The second-order valence-electron chi connectivity index (χ2n) is 6.47. The van der Waals surface area contributed by atoms with Crippen LogP contribution in [0.4, 0.5) is 0 Å². The van der Waals surface area contributed by atoms with Gasteiger partial charge >= 0.3 is 0 Å². The molecule has 2 unspecified atom stereocenters. The van der Waals surface area contributed by atoms with Crippen molar-refractivity contribution in [1.29, 1.82) is 0 Å². The van der Waals surface area contributed by atoms with Crippen LogP contribution in [0.5, 0.6) is 0 Å². The molecule has 0 bridgehead atoms. The summed E-state index contributed by atoms with van der Waals surface area (Å²) in [5.74, 6) is 0.871. The van der Waals surface area contributed by atoms with Gasteiger partial charge in [-0.1, -0.05) is 35.5 Å². The Morgan fingerprint density at radius 1 is 1.35 bits per heavy atom. The van der Waals surface area contributed by atoms with Crippen LogP contribution in [0, 0.1) is 6.92 Å². The summed E-state index contributed by atoms with van der Waals surface area (Å²) in [6.07, 6.45) is 2.76. The first kappa shape index (κ1) is 14.5. The number of hydrogen-bond acceptors (Lipinski definition) is 4. The molecule has 1 aromatic carbocycles. The lowest BCUT2D eigenvalue weighted by Crippen LogP contribution is -2.36. The van der Waals surface area contributed by atoms with Gasteiger partial charge < -0.3 is 9.42 Å². The molecule has 2 saturated heterocycles. The molecule has 3 heterocycles. The van der Waals surface area contributed by atoms with Gasteiger partial charge in [-0.2, -0.15) is 0 Å². The molecule has 2 atom stereocenters. The fourth-order valence-electron chi connectivity index (χ4n) is 3.87. The van der Waals surface area contributed by atoms with Crippen molar-refractivity contribution < 1.29 is 9.32 Å². The average Bonchev–Trinajstić information content (AvgIpc) is 3.23. The van der Waals surface area contributed by atoms with Crippen LogP contribution in [-0.4, -0.2) is 40.0 Å². The monoisotopic (exact) mass is 311 g/mol. The highest BCUT2D eigenvalue weighted by Crippen LogP contribution is 2.38. The first-order valence-electron chi connectivity index (χ1n) is 8.25. The van der Waals surface area contributed by atoms with E-state index in [2.05, 4.69) is 22.2 Å². The SMILES string of the molecule is Cc1cc(CC(=O)N2CC3CCCN3C2c2ccccc2)no1. The number of aromatic nitrogens is 1. The van der Waals surface area contributed by atoms with Crippen molar-refractivity contribution in [2.75, 3.05) is 13.1 Å². The summed E-state index contributed by atoms with van der Waals surface area (Å²) in [4.78, 5) is 17.3. The number of amides is 1. The molecular weight excluding hydrogens is 290 g/mol. The lowest BCUT2D eigenvalue weighted by molar-refractivity contribution is -0.133. The van der Waals surface area contributed by atoms with Crippen LogP contribution < -0.4 is 0 Å². The van der Waals surface area contributed by atoms with Crippen molar-refractivity contribution in [2.45, 2.75) is 38.4 Å². The summed E-state index contributed by atoms with van der Waals surface area (Å²) in [5, 5.41) is 3.96. The van der Waals surface area contributed by atoms with Crippen LogP contribution in [0.1, 0.15) is 36.0 Å². The molecule has 2 fully saturated rings. The third-order valence-electron chi connectivity index (χ3n) is 4.87. The molecule has 0 saturated carbocycles. The Hall–Kier alpha value is -2.14. The van der Waals surface area contributed by atoms with Crippen molar-refractivity contribution in [2.24, 2.45) is 0 Å². The normalized spacial score (nSPS) is 24.1. The van der Waals surface area contributed by atoms with Gasteiger partial charge in [0.25, 0.3) is 0 Å². The first-order chi connectivity index (χ1) is 11.2. The Kier molecular flexibility index (Phi) is 3.65. The van der Waals surface area contributed by atoms with E-state index in [9.17, 15) is 4.79 Å². The fourth-order valence-corrected chi connectivity index (χ4v) is 3.87. The van der Waals surface area contributed by atoms with Crippen LogP contribution in [0.15, 0.2) is 40.9 Å². The van der Waals surface area contributed by atoms with Gasteiger partial charge in [0.15, 0.2) is 0 Å². The molecule has 5 heteroatoms. The molecule has 2 aromatic rings. The van der Waals surface area contributed by atoms with Crippen molar-refractivity contribution >= 4 is 5.91 Å². The van der Waals surface area contributed by atoms with Gasteiger partial charge in [0.05, 0.1) is 12.1 Å². The summed E-state index contributed by atoms with van der Waals surface area (Å²) in [7, 11) is 0. The van der Waals surface area contributed by atoms with Gasteiger partial charge in [-0.15, -0.1) is 0 Å². The van der Waals surface area contributed by atoms with Crippen LogP contribution in [-0.2, 0) is 11.2 Å². The van der Waals surface area contributed by atoms with E-state index in [0.29, 0.717) is 18.2 Å². The molecule has 2 aliphatic rings. The predicted octanol–water partition coefficient (Wildman–Crippen LogP) is 2.53. The van der Waals surface area contributed by atoms with E-state index in [1.807, 2.05) is 36.1 Å². The van der Waals surface area contributed by atoms with E-state index in [4.69, 9.17) is 4.52 Å². The largest absolute Gasteiger partial charge is 0.361 e. The van der Waals surface area contributed by atoms with Gasteiger partial charge in [-0.25, -0.2) is 0 Å². The summed E-state index contributed by atoms with van der Waals surface area (Å²) >= 11 is 0. The standard InChI is InChI=1S/C18H21N3O2/c1-13-10-15(19-23-13)11-17(22)21-12-16-8-5-9-20(16)18(21)14-6-3-2-4-7-14/h2-4,6-7,10,16,18H,5,8-9,11-12H2,1H3. The van der Waals surface area contributed by atoms with Gasteiger partial charge in [0.2, 0.25) is 5.91 Å². The predicted molar refractivity (Wildman–Crippen MR) is 85.6 cm³/mol. The van der Waals surface area contributed by atoms with Crippen LogP contribution >= 0.6 is 0 Å². The number of aryl methyl sites for hydroxylation is 1. The maximum atomic E-state index is 12.9. The lowest BCUT2D eigenvalue weighted by atomic mass is 10.1. The maximum Gasteiger partial charge on any atom is 0.230 e. The zero-order chi connectivity index (χ0) is 15.8. The number of nitrogens with zero attached hydrogens (tertiary/aromatic N) is 3. The maximum absolute atomic E-state index is 12.9. The summed E-state index contributed by atoms with van der Waals surface area (Å²) in [6.45, 7) is 3.73. The Morgan fingerprint density at radius 2 is 2.17 bits per heavy atom. The number of benzene rings is 1. The average molecular weight is 311 g/mol. The number of rotatable bonds is 3. The van der Waals surface area contributed by atoms with E-state index in [-0.39, 0.29) is 12.1 Å². The first-order valence-corrected chi connectivity index (χ1v) is 8.25. The quantitative estimate of drug-likeness (QED) is 0.874. The second-order valence-corrected chi connectivity index (χ2v) is 6.47. The highest BCUT2D eigenvalue weighted by atomic mass is 16.5. The topological polar surface area (TPSA) is 49.6 Å². The minimum Gasteiger partial charge on any atom is -0.361 e. The molecule has 1 aromatic heterocycles. The zero-order valence-corrected chi connectivity index (χ0v) is 13.3. The molecule has 0 N–H and O–H groups in total. The molecule has 1 amide bonds. The number of hydrogen-bond donors (Lipinski definition) is 0. The van der Waals surface area contributed by atoms with E-state index in [1.165, 1.54) is 18.4 Å². The van der Waals surface area contributed by atoms with Gasteiger partial charge in [0.1, 0.15) is 11.9 Å². The molecule has 5 nitrogen and oxygen atoms in total. The minimum atomic E-state index is 0.0594. The molecule has 0 radical (unpaired) electrons. The van der Waals surface area contributed by atoms with E-state index >= 15 is 0 Å². The van der Waals surface area contributed by atoms with Gasteiger partial charge in [0, 0.05) is 25.2 Å². The summed E-state index contributed by atoms with van der Waals surface area (Å²) in [5.41, 5.74) is 1.91. The molecule has 0 aliphatic carbocycles. The van der Waals surface area contributed by atoms with Crippen molar-refractivity contribution in [1.82, 2.24) is 15.0 Å². The third kappa shape index (κ3) is 2.65. The van der Waals surface area contributed by atoms with E-state index in [0.717, 1.165) is 18.8 Å². The Labute approximate surface area is 135 Å². The summed E-state index contributed by atoms with van der Waals surface area (Å²) < 4.78 is 5.08. The second kappa shape index (κ2) is 5.81. The van der Waals surface area contributed by atoms with E-state index in [1.54, 1.807) is 0 Å². The van der Waals surface area contributed by atoms with Crippen LogP contribution in [0.2, 0.25) is 0 Å². The molecule has 23 heavy (non-hydrogen) atoms. The van der Waals surface area contributed by atoms with Crippen LogP contribution in [0.25, 0.3) is 0 Å². The van der Waals surface area contributed by atoms with Crippen molar-refractivity contribution in [3.05, 3.63) is 53.4 Å². The zero-order valence-electron chi connectivity index (χ0n) is 13.3. The molecule has 120 valence electrons. The highest BCUT2D eigenvalue weighted by Gasteiger charge is 2.44. The van der Waals surface area contributed by atoms with Gasteiger partial charge in [-0.05, 0) is 25.3 Å². The van der Waals surface area contributed by atoms with Crippen LogP contribution in [0.3, 0.4) is 0 Å². The Bertz CT molecular complexity index is 697. The Morgan fingerprint density at radius 3 is 2.91 bits per heavy atom. The summed E-state index contributed by atoms with van der Waals surface area (Å²) in [6, 6.07) is 12.7. The van der Waals surface area contributed by atoms with Gasteiger partial charge in [-0.3, -0.25) is 9.69 Å². The lowest BCUT2D eigenvalue weighted by Gasteiger charge is -2.29. The fraction of sp³-hybridized carbons (Fsp3) is 0.444. The third-order valence-corrected chi connectivity index (χ3v) is 4.87. The van der Waals surface area contributed by atoms with Crippen molar-refractivity contribution in [3.8, 4) is 0 Å². The molecule has 4 rings (SSSR count). The molecule has 0 spiro atoms. The smallest absolute Gasteiger partial charge is 0.230 e. The molecule has 2 aliphatic heterocycles. The Balaban J connectivity index is 1.59. The number of carbonyl (C=O) groups is 1. The van der Waals surface area contributed by atoms with E-state index < -0.39 is 0 Å². The number of fused-ring (bicyclic) bond motifs is 1.